The van der Waals surface area contributed by atoms with Crippen LogP contribution >= 0.6 is 0 Å². The molecule has 1 aliphatic rings. The molecule has 4 rings (SSSR count). The number of aromatic nitrogens is 2. The molecule has 0 saturated heterocycles. The second-order valence-corrected chi connectivity index (χ2v) is 7.67. The van der Waals surface area contributed by atoms with E-state index in [0.29, 0.717) is 34.0 Å². The number of benzene rings is 2. The Morgan fingerprint density at radius 1 is 1.00 bits per heavy atom. The van der Waals surface area contributed by atoms with Gasteiger partial charge in [0.25, 0.3) is 5.56 Å². The predicted octanol–water partition coefficient (Wildman–Crippen LogP) is 2.62. The van der Waals surface area contributed by atoms with Crippen LogP contribution in [0.2, 0.25) is 0 Å². The summed E-state index contributed by atoms with van der Waals surface area (Å²) in [7, 11) is 4.59. The molecule has 170 valence electrons. The first-order valence-corrected chi connectivity index (χ1v) is 10.6. The predicted molar refractivity (Wildman–Crippen MR) is 125 cm³/mol. The SMILES string of the molecule is CCOC(=O)C1=C(c2ccccc2)Nc2c(c(=O)n(C)c(=O)n2C)C1c1ccc(OC)cc1. The third-order valence-electron chi connectivity index (χ3n) is 5.80. The Bertz CT molecular complexity index is 1350. The van der Waals surface area contributed by atoms with E-state index in [1.165, 1.54) is 11.6 Å². The summed E-state index contributed by atoms with van der Waals surface area (Å²) in [5.41, 5.74) is 1.58. The highest BCUT2D eigenvalue weighted by Crippen LogP contribution is 2.43. The quantitative estimate of drug-likeness (QED) is 0.605. The van der Waals surface area contributed by atoms with E-state index < -0.39 is 23.1 Å². The zero-order valence-electron chi connectivity index (χ0n) is 18.9. The molecule has 3 aromatic rings. The van der Waals surface area contributed by atoms with Crippen LogP contribution in [0, 0.1) is 0 Å². The molecule has 1 aromatic heterocycles. The second-order valence-electron chi connectivity index (χ2n) is 7.67. The highest BCUT2D eigenvalue weighted by atomic mass is 16.5. The first kappa shape index (κ1) is 22.1. The summed E-state index contributed by atoms with van der Waals surface area (Å²) < 4.78 is 13.1. The fourth-order valence-electron chi connectivity index (χ4n) is 4.15. The van der Waals surface area contributed by atoms with Gasteiger partial charge in [-0.15, -0.1) is 0 Å². The third kappa shape index (κ3) is 3.73. The summed E-state index contributed by atoms with van der Waals surface area (Å²) in [4.78, 5) is 39.4. The number of hydrogen-bond donors (Lipinski definition) is 1. The van der Waals surface area contributed by atoms with Crippen LogP contribution in [0.15, 0.2) is 69.8 Å². The maximum atomic E-state index is 13.4. The van der Waals surface area contributed by atoms with E-state index in [1.54, 1.807) is 33.2 Å². The summed E-state index contributed by atoms with van der Waals surface area (Å²) in [5.74, 6) is -0.305. The van der Waals surface area contributed by atoms with Gasteiger partial charge in [-0.2, -0.15) is 0 Å². The number of carbonyl (C=O) groups excluding carboxylic acids is 1. The van der Waals surface area contributed by atoms with Gasteiger partial charge in [0.2, 0.25) is 0 Å². The molecule has 0 amide bonds. The molecule has 8 nitrogen and oxygen atoms in total. The summed E-state index contributed by atoms with van der Waals surface area (Å²) in [6.07, 6.45) is 0. The van der Waals surface area contributed by atoms with E-state index in [-0.39, 0.29) is 6.61 Å². The topological polar surface area (TPSA) is 91.6 Å². The fraction of sp³-hybridized carbons (Fsp3) is 0.240. The molecule has 0 fully saturated rings. The van der Waals surface area contributed by atoms with Crippen molar-refractivity contribution in [3.05, 3.63) is 97.7 Å². The van der Waals surface area contributed by atoms with E-state index >= 15 is 0 Å². The molecular formula is C25H25N3O5. The third-order valence-corrected chi connectivity index (χ3v) is 5.80. The zero-order chi connectivity index (χ0) is 23.7. The lowest BCUT2D eigenvalue weighted by Gasteiger charge is -2.32. The Kier molecular flexibility index (Phi) is 5.91. The largest absolute Gasteiger partial charge is 0.497 e. The van der Waals surface area contributed by atoms with Crippen LogP contribution in [0.1, 0.15) is 29.5 Å². The van der Waals surface area contributed by atoms with Gasteiger partial charge >= 0.3 is 11.7 Å². The average Bonchev–Trinajstić information content (AvgIpc) is 2.85. The number of nitrogens with zero attached hydrogens (tertiary/aromatic N) is 2. The lowest BCUT2D eigenvalue weighted by atomic mass is 9.81. The fourth-order valence-corrected chi connectivity index (χ4v) is 4.15. The van der Waals surface area contributed by atoms with Crippen molar-refractivity contribution in [3.8, 4) is 5.75 Å². The molecular weight excluding hydrogens is 422 g/mol. The Balaban J connectivity index is 2.11. The molecule has 1 atom stereocenters. The molecule has 1 N–H and O–H groups in total. The number of ether oxygens (including phenoxy) is 2. The minimum atomic E-state index is -0.757. The summed E-state index contributed by atoms with van der Waals surface area (Å²) in [6, 6.07) is 16.5. The molecule has 1 unspecified atom stereocenters. The Morgan fingerprint density at radius 3 is 2.27 bits per heavy atom. The monoisotopic (exact) mass is 447 g/mol. The second kappa shape index (κ2) is 8.82. The number of esters is 1. The van der Waals surface area contributed by atoms with Gasteiger partial charge in [0.05, 0.1) is 36.5 Å². The smallest absolute Gasteiger partial charge is 0.337 e. The van der Waals surface area contributed by atoms with Crippen LogP contribution in [0.3, 0.4) is 0 Å². The highest BCUT2D eigenvalue weighted by Gasteiger charge is 2.38. The van der Waals surface area contributed by atoms with Gasteiger partial charge in [0, 0.05) is 14.1 Å². The van der Waals surface area contributed by atoms with E-state index in [2.05, 4.69) is 5.32 Å². The molecule has 8 heteroatoms. The van der Waals surface area contributed by atoms with Gasteiger partial charge in [-0.1, -0.05) is 42.5 Å². The van der Waals surface area contributed by atoms with Crippen LogP contribution in [0.5, 0.6) is 5.75 Å². The molecule has 0 radical (unpaired) electrons. The number of methoxy groups -OCH3 is 1. The normalized spacial score (nSPS) is 15.0. The summed E-state index contributed by atoms with van der Waals surface area (Å²) in [6.45, 7) is 1.91. The van der Waals surface area contributed by atoms with Gasteiger partial charge in [-0.05, 0) is 30.2 Å². The standard InChI is InChI=1S/C25H25N3O5/c1-5-33-24(30)19-18(15-11-13-17(32-4)14-12-15)20-22(27(2)25(31)28(3)23(20)29)26-21(19)16-9-7-6-8-10-16/h6-14,18,26H,5H2,1-4H3. The zero-order valence-corrected chi connectivity index (χ0v) is 18.9. The van der Waals surface area contributed by atoms with E-state index in [1.807, 2.05) is 42.5 Å². The maximum absolute atomic E-state index is 13.4. The van der Waals surface area contributed by atoms with Gasteiger partial charge in [0.15, 0.2) is 0 Å². The summed E-state index contributed by atoms with van der Waals surface area (Å²) in [5, 5.41) is 3.21. The first-order chi connectivity index (χ1) is 15.9. The molecule has 0 bridgehead atoms. The van der Waals surface area contributed by atoms with E-state index in [0.717, 1.165) is 10.1 Å². The van der Waals surface area contributed by atoms with Gasteiger partial charge in [-0.3, -0.25) is 13.9 Å². The van der Waals surface area contributed by atoms with Crippen molar-refractivity contribution in [2.75, 3.05) is 19.0 Å². The molecule has 2 heterocycles. The molecule has 2 aromatic carbocycles. The van der Waals surface area contributed by atoms with Crippen LogP contribution in [-0.4, -0.2) is 28.8 Å². The molecule has 0 aliphatic carbocycles. The minimum absolute atomic E-state index is 0.178. The number of carbonyl (C=O) groups is 1. The van der Waals surface area contributed by atoms with Crippen molar-refractivity contribution < 1.29 is 14.3 Å². The van der Waals surface area contributed by atoms with Gasteiger partial charge < -0.3 is 14.8 Å². The van der Waals surface area contributed by atoms with Crippen LogP contribution < -0.4 is 21.3 Å². The van der Waals surface area contributed by atoms with Crippen molar-refractivity contribution in [3.63, 3.8) is 0 Å². The minimum Gasteiger partial charge on any atom is -0.497 e. The molecule has 0 spiro atoms. The molecule has 1 aliphatic heterocycles. The lowest BCUT2D eigenvalue weighted by molar-refractivity contribution is -0.138. The van der Waals surface area contributed by atoms with Crippen molar-refractivity contribution in [2.24, 2.45) is 14.1 Å². The summed E-state index contributed by atoms with van der Waals surface area (Å²) >= 11 is 0. The number of anilines is 1. The van der Waals surface area contributed by atoms with Crippen molar-refractivity contribution in [1.29, 1.82) is 0 Å². The Labute approximate surface area is 190 Å². The molecule has 33 heavy (non-hydrogen) atoms. The Hall–Kier alpha value is -4.07. The lowest BCUT2D eigenvalue weighted by Crippen LogP contribution is -2.43. The number of fused-ring (bicyclic) bond motifs is 1. The molecule has 0 saturated carbocycles. The van der Waals surface area contributed by atoms with E-state index in [4.69, 9.17) is 9.47 Å². The van der Waals surface area contributed by atoms with Crippen LogP contribution in [0.25, 0.3) is 5.70 Å². The van der Waals surface area contributed by atoms with Crippen molar-refractivity contribution >= 4 is 17.5 Å². The highest BCUT2D eigenvalue weighted by molar-refractivity contribution is 6.04. The number of nitrogens with one attached hydrogen (secondary N) is 1. The first-order valence-electron chi connectivity index (χ1n) is 10.6. The number of hydrogen-bond acceptors (Lipinski definition) is 6. The van der Waals surface area contributed by atoms with Crippen molar-refractivity contribution in [2.45, 2.75) is 12.8 Å². The van der Waals surface area contributed by atoms with Crippen LogP contribution in [0.4, 0.5) is 5.82 Å². The average molecular weight is 447 g/mol. The maximum Gasteiger partial charge on any atom is 0.337 e. The van der Waals surface area contributed by atoms with Gasteiger partial charge in [-0.25, -0.2) is 9.59 Å². The van der Waals surface area contributed by atoms with E-state index in [9.17, 15) is 14.4 Å². The van der Waals surface area contributed by atoms with Crippen LogP contribution in [-0.2, 0) is 23.6 Å². The number of rotatable bonds is 5. The van der Waals surface area contributed by atoms with Gasteiger partial charge in [0.1, 0.15) is 11.6 Å². The Morgan fingerprint density at radius 2 is 1.67 bits per heavy atom. The van der Waals surface area contributed by atoms with Crippen molar-refractivity contribution in [1.82, 2.24) is 9.13 Å².